The molecule has 0 spiro atoms. The second-order valence-corrected chi connectivity index (χ2v) is 4.55. The molecule has 0 bridgehead atoms. The van der Waals surface area contributed by atoms with Gasteiger partial charge in [-0.2, -0.15) is 0 Å². The zero-order valence-electron chi connectivity index (χ0n) is 10.7. The Kier molecular flexibility index (Phi) is 5.30. The number of carbonyl (C=O) groups is 4. The molecule has 2 unspecified atom stereocenters. The number of hydrogen-bond acceptors (Lipinski definition) is 4. The highest BCUT2D eigenvalue weighted by molar-refractivity contribution is 5.89. The summed E-state index contributed by atoms with van der Waals surface area (Å²) in [5, 5.41) is 19.6. The van der Waals surface area contributed by atoms with Crippen molar-refractivity contribution in [3.8, 4) is 0 Å². The lowest BCUT2D eigenvalue weighted by molar-refractivity contribution is -0.145. The molecule has 5 N–H and O–H groups in total. The molecule has 1 heterocycles. The van der Waals surface area contributed by atoms with E-state index in [0.29, 0.717) is 12.8 Å². The van der Waals surface area contributed by atoms with Crippen LogP contribution in [0.2, 0.25) is 0 Å². The van der Waals surface area contributed by atoms with E-state index >= 15 is 0 Å². The quantitative estimate of drug-likeness (QED) is 0.507. The minimum atomic E-state index is -1.55. The minimum absolute atomic E-state index is 0.277. The molecule has 1 saturated heterocycles. The fourth-order valence-electron chi connectivity index (χ4n) is 2.08. The molecular weight excluding hydrogens is 270 g/mol. The van der Waals surface area contributed by atoms with E-state index in [0.717, 1.165) is 11.3 Å². The first kappa shape index (κ1) is 15.7. The van der Waals surface area contributed by atoms with E-state index in [1.807, 2.05) is 0 Å². The standard InChI is InChI=1S/C11H17N3O6/c12-9(17)7-3-1-2-4-14(7)11(20)13-6(10(18)19)5-8(15)16/h6-7H,1-5H2,(H2,12,17)(H,13,20)(H,15,16)(H,18,19). The summed E-state index contributed by atoms with van der Waals surface area (Å²) in [6.45, 7) is 0.277. The Bertz CT molecular complexity index is 424. The monoisotopic (exact) mass is 287 g/mol. The summed E-state index contributed by atoms with van der Waals surface area (Å²) < 4.78 is 0. The highest BCUT2D eigenvalue weighted by Gasteiger charge is 2.33. The van der Waals surface area contributed by atoms with Gasteiger partial charge in [0.15, 0.2) is 0 Å². The molecule has 9 heteroatoms. The molecule has 1 rings (SSSR count). The van der Waals surface area contributed by atoms with Gasteiger partial charge in [-0.05, 0) is 19.3 Å². The van der Waals surface area contributed by atoms with Crippen molar-refractivity contribution < 1.29 is 29.4 Å². The van der Waals surface area contributed by atoms with Gasteiger partial charge in [0, 0.05) is 6.54 Å². The number of nitrogens with two attached hydrogens (primary N) is 1. The number of amides is 3. The molecule has 3 amide bonds. The van der Waals surface area contributed by atoms with Gasteiger partial charge in [-0.25, -0.2) is 9.59 Å². The Hall–Kier alpha value is -2.32. The summed E-state index contributed by atoms with van der Waals surface area (Å²) in [7, 11) is 0. The average Bonchev–Trinajstić information content (AvgIpc) is 2.37. The number of hydrogen-bond donors (Lipinski definition) is 4. The van der Waals surface area contributed by atoms with Crippen LogP contribution in [0.3, 0.4) is 0 Å². The molecule has 1 fully saturated rings. The van der Waals surface area contributed by atoms with Gasteiger partial charge >= 0.3 is 18.0 Å². The average molecular weight is 287 g/mol. The number of rotatable bonds is 5. The maximum absolute atomic E-state index is 12.0. The van der Waals surface area contributed by atoms with Crippen molar-refractivity contribution in [3.63, 3.8) is 0 Å². The van der Waals surface area contributed by atoms with Crippen molar-refractivity contribution >= 4 is 23.9 Å². The van der Waals surface area contributed by atoms with Gasteiger partial charge in [0.25, 0.3) is 0 Å². The lowest BCUT2D eigenvalue weighted by atomic mass is 10.0. The summed E-state index contributed by atoms with van der Waals surface area (Å²) in [5.74, 6) is -3.46. The Morgan fingerprint density at radius 1 is 1.25 bits per heavy atom. The molecular formula is C11H17N3O6. The number of likely N-dealkylation sites (tertiary alicyclic amines) is 1. The van der Waals surface area contributed by atoms with E-state index in [2.05, 4.69) is 5.32 Å². The van der Waals surface area contributed by atoms with Crippen molar-refractivity contribution in [2.75, 3.05) is 6.54 Å². The van der Waals surface area contributed by atoms with E-state index in [4.69, 9.17) is 15.9 Å². The van der Waals surface area contributed by atoms with Gasteiger partial charge in [0.05, 0.1) is 6.42 Å². The zero-order chi connectivity index (χ0) is 15.3. The SMILES string of the molecule is NC(=O)C1CCCCN1C(=O)NC(CC(=O)O)C(=O)O. The molecule has 1 aliphatic rings. The van der Waals surface area contributed by atoms with Gasteiger partial charge in [0.1, 0.15) is 12.1 Å². The second-order valence-electron chi connectivity index (χ2n) is 4.55. The normalized spacial score (nSPS) is 20.0. The smallest absolute Gasteiger partial charge is 0.326 e. The third kappa shape index (κ3) is 4.11. The lowest BCUT2D eigenvalue weighted by Crippen LogP contribution is -2.56. The first-order valence-corrected chi connectivity index (χ1v) is 6.14. The van der Waals surface area contributed by atoms with Crippen molar-refractivity contribution in [1.82, 2.24) is 10.2 Å². The maximum Gasteiger partial charge on any atom is 0.326 e. The number of carboxylic acid groups (broad SMARTS) is 2. The van der Waals surface area contributed by atoms with E-state index in [-0.39, 0.29) is 6.54 Å². The third-order valence-electron chi connectivity index (χ3n) is 3.07. The zero-order valence-corrected chi connectivity index (χ0v) is 10.7. The minimum Gasteiger partial charge on any atom is -0.481 e. The topological polar surface area (TPSA) is 150 Å². The van der Waals surface area contributed by atoms with Crippen LogP contribution < -0.4 is 11.1 Å². The fourth-order valence-corrected chi connectivity index (χ4v) is 2.08. The fraction of sp³-hybridized carbons (Fsp3) is 0.636. The molecule has 0 aromatic heterocycles. The molecule has 112 valence electrons. The molecule has 0 aromatic rings. The number of carbonyl (C=O) groups excluding carboxylic acids is 2. The summed E-state index contributed by atoms with van der Waals surface area (Å²) in [4.78, 5) is 45.8. The molecule has 1 aliphatic heterocycles. The van der Waals surface area contributed by atoms with E-state index in [1.54, 1.807) is 0 Å². The molecule has 9 nitrogen and oxygen atoms in total. The highest BCUT2D eigenvalue weighted by Crippen LogP contribution is 2.17. The number of primary amides is 1. The van der Waals surface area contributed by atoms with Gasteiger partial charge in [-0.1, -0.05) is 0 Å². The van der Waals surface area contributed by atoms with Crippen molar-refractivity contribution in [2.45, 2.75) is 37.8 Å². The predicted octanol–water partition coefficient (Wildman–Crippen LogP) is -1.04. The number of urea groups is 1. The molecule has 0 saturated carbocycles. The Labute approximate surface area is 114 Å². The Morgan fingerprint density at radius 2 is 1.90 bits per heavy atom. The lowest BCUT2D eigenvalue weighted by Gasteiger charge is -2.34. The first-order chi connectivity index (χ1) is 9.32. The summed E-state index contributed by atoms with van der Waals surface area (Å²) >= 11 is 0. The number of aliphatic carboxylic acids is 2. The van der Waals surface area contributed by atoms with Crippen LogP contribution in [0.5, 0.6) is 0 Å². The van der Waals surface area contributed by atoms with Crippen LogP contribution >= 0.6 is 0 Å². The van der Waals surface area contributed by atoms with Crippen LogP contribution in [-0.4, -0.2) is 57.6 Å². The molecule has 0 radical (unpaired) electrons. The van der Waals surface area contributed by atoms with Gasteiger partial charge in [-0.15, -0.1) is 0 Å². The van der Waals surface area contributed by atoms with Crippen LogP contribution in [0.4, 0.5) is 4.79 Å². The van der Waals surface area contributed by atoms with Crippen molar-refractivity contribution in [3.05, 3.63) is 0 Å². The number of nitrogens with one attached hydrogen (secondary N) is 1. The van der Waals surface area contributed by atoms with Crippen molar-refractivity contribution in [1.29, 1.82) is 0 Å². The van der Waals surface area contributed by atoms with Crippen molar-refractivity contribution in [2.24, 2.45) is 5.73 Å². The van der Waals surface area contributed by atoms with Gasteiger partial charge in [0.2, 0.25) is 5.91 Å². The predicted molar refractivity (Wildman–Crippen MR) is 65.7 cm³/mol. The van der Waals surface area contributed by atoms with Crippen LogP contribution in [0.1, 0.15) is 25.7 Å². The largest absolute Gasteiger partial charge is 0.481 e. The Balaban J connectivity index is 2.73. The third-order valence-corrected chi connectivity index (χ3v) is 3.07. The first-order valence-electron chi connectivity index (χ1n) is 6.14. The summed E-state index contributed by atoms with van der Waals surface area (Å²) in [6.07, 6.45) is 1.10. The molecule has 2 atom stereocenters. The summed E-state index contributed by atoms with van der Waals surface area (Å²) in [5.41, 5.74) is 5.20. The molecule has 0 aromatic carbocycles. The maximum atomic E-state index is 12.0. The highest BCUT2D eigenvalue weighted by atomic mass is 16.4. The molecule has 0 aliphatic carbocycles. The van der Waals surface area contributed by atoms with Crippen LogP contribution in [0, 0.1) is 0 Å². The van der Waals surface area contributed by atoms with E-state index in [9.17, 15) is 19.2 Å². The van der Waals surface area contributed by atoms with E-state index in [1.165, 1.54) is 0 Å². The van der Waals surface area contributed by atoms with Crippen LogP contribution in [0.25, 0.3) is 0 Å². The molecule has 20 heavy (non-hydrogen) atoms. The summed E-state index contributed by atoms with van der Waals surface area (Å²) in [6, 6.07) is -3.12. The van der Waals surface area contributed by atoms with Crippen LogP contribution in [-0.2, 0) is 14.4 Å². The van der Waals surface area contributed by atoms with Gasteiger partial charge in [-0.3, -0.25) is 9.59 Å². The Morgan fingerprint density at radius 3 is 2.40 bits per heavy atom. The number of piperidine rings is 1. The second kappa shape index (κ2) is 6.73. The van der Waals surface area contributed by atoms with Crippen LogP contribution in [0.15, 0.2) is 0 Å². The van der Waals surface area contributed by atoms with Gasteiger partial charge < -0.3 is 26.2 Å². The number of carboxylic acids is 2. The number of nitrogens with zero attached hydrogens (tertiary/aromatic N) is 1. The van der Waals surface area contributed by atoms with E-state index < -0.39 is 42.4 Å².